The van der Waals surface area contributed by atoms with Crippen LogP contribution in [0.4, 0.5) is 0 Å². The summed E-state index contributed by atoms with van der Waals surface area (Å²) in [5, 5.41) is 0. The first-order chi connectivity index (χ1) is 13.5. The molecule has 0 saturated carbocycles. The SMILES string of the molecule is CC(C(=O)N(C)C)N1CCC2NNC(c3ccc(-c4ccccc4)cc3)C2C1. The van der Waals surface area contributed by atoms with Gasteiger partial charge in [0.25, 0.3) is 0 Å². The van der Waals surface area contributed by atoms with Crippen LogP contribution in [-0.2, 0) is 4.79 Å². The number of fused-ring (bicyclic) bond motifs is 1. The molecule has 4 atom stereocenters. The highest BCUT2D eigenvalue weighted by molar-refractivity contribution is 5.81. The lowest BCUT2D eigenvalue weighted by Gasteiger charge is -2.39. The number of likely N-dealkylation sites (tertiary alicyclic amines) is 1. The van der Waals surface area contributed by atoms with Crippen LogP contribution in [0.2, 0.25) is 0 Å². The van der Waals surface area contributed by atoms with Crippen LogP contribution in [0.3, 0.4) is 0 Å². The molecule has 2 saturated heterocycles. The predicted molar refractivity (Wildman–Crippen MR) is 113 cm³/mol. The molecule has 5 nitrogen and oxygen atoms in total. The Kier molecular flexibility index (Phi) is 5.49. The molecule has 2 fully saturated rings. The van der Waals surface area contributed by atoms with Crippen LogP contribution in [0, 0.1) is 5.92 Å². The fourth-order valence-electron chi connectivity index (χ4n) is 4.55. The number of rotatable bonds is 4. The number of carbonyl (C=O) groups excluding carboxylic acids is 1. The van der Waals surface area contributed by atoms with Crippen LogP contribution in [0.25, 0.3) is 11.1 Å². The standard InChI is InChI=1S/C23H30N4O/c1-16(23(28)26(2)3)27-14-13-21-20(15-27)22(25-24-21)19-11-9-18(10-12-19)17-7-5-4-6-8-17/h4-12,16,20-22,24-25H,13-15H2,1-3H3. The maximum absolute atomic E-state index is 12.4. The lowest BCUT2D eigenvalue weighted by atomic mass is 9.84. The second-order valence-corrected chi connectivity index (χ2v) is 8.22. The minimum Gasteiger partial charge on any atom is -0.347 e. The summed E-state index contributed by atoms with van der Waals surface area (Å²) >= 11 is 0. The Hall–Kier alpha value is -2.21. The van der Waals surface area contributed by atoms with Gasteiger partial charge in [0.05, 0.1) is 12.1 Å². The third-order valence-corrected chi connectivity index (χ3v) is 6.26. The Labute approximate surface area is 167 Å². The van der Waals surface area contributed by atoms with E-state index in [1.54, 1.807) is 4.90 Å². The Morgan fingerprint density at radius 2 is 1.71 bits per heavy atom. The smallest absolute Gasteiger partial charge is 0.239 e. The Bertz CT molecular complexity index is 805. The van der Waals surface area contributed by atoms with Crippen molar-refractivity contribution in [3.05, 3.63) is 60.2 Å². The molecule has 0 bridgehead atoms. The quantitative estimate of drug-likeness (QED) is 0.859. The maximum atomic E-state index is 12.4. The number of hydrogen-bond donors (Lipinski definition) is 2. The number of hydrazine groups is 1. The van der Waals surface area contributed by atoms with Gasteiger partial charge < -0.3 is 4.90 Å². The van der Waals surface area contributed by atoms with Crippen LogP contribution < -0.4 is 10.9 Å². The number of amides is 1. The van der Waals surface area contributed by atoms with Gasteiger partial charge >= 0.3 is 0 Å². The third-order valence-electron chi connectivity index (χ3n) is 6.26. The molecule has 2 aliphatic heterocycles. The minimum absolute atomic E-state index is 0.0716. The maximum Gasteiger partial charge on any atom is 0.239 e. The number of piperidine rings is 1. The molecule has 2 N–H and O–H groups in total. The summed E-state index contributed by atoms with van der Waals surface area (Å²) in [6.45, 7) is 3.91. The average Bonchev–Trinajstić information content (AvgIpc) is 3.16. The molecular weight excluding hydrogens is 348 g/mol. The van der Waals surface area contributed by atoms with E-state index in [-0.39, 0.29) is 18.0 Å². The molecule has 4 rings (SSSR count). The van der Waals surface area contributed by atoms with E-state index < -0.39 is 0 Å². The zero-order chi connectivity index (χ0) is 19.7. The Morgan fingerprint density at radius 1 is 1.04 bits per heavy atom. The molecule has 2 heterocycles. The van der Waals surface area contributed by atoms with E-state index in [2.05, 4.69) is 64.3 Å². The van der Waals surface area contributed by atoms with E-state index >= 15 is 0 Å². The van der Waals surface area contributed by atoms with Crippen molar-refractivity contribution in [2.24, 2.45) is 5.92 Å². The van der Waals surface area contributed by atoms with Crippen LogP contribution in [0.5, 0.6) is 0 Å². The van der Waals surface area contributed by atoms with Crippen molar-refractivity contribution >= 4 is 5.91 Å². The second-order valence-electron chi connectivity index (χ2n) is 8.22. The third kappa shape index (κ3) is 3.70. The first-order valence-electron chi connectivity index (χ1n) is 10.2. The molecule has 2 aromatic carbocycles. The fourth-order valence-corrected chi connectivity index (χ4v) is 4.55. The number of likely N-dealkylation sites (N-methyl/N-ethyl adjacent to an activating group) is 1. The zero-order valence-corrected chi connectivity index (χ0v) is 16.9. The summed E-state index contributed by atoms with van der Waals surface area (Å²) in [5.74, 6) is 0.634. The molecule has 148 valence electrons. The average molecular weight is 379 g/mol. The molecule has 2 aromatic rings. The van der Waals surface area contributed by atoms with E-state index in [4.69, 9.17) is 0 Å². The molecule has 1 amide bonds. The summed E-state index contributed by atoms with van der Waals surface area (Å²) in [4.78, 5) is 16.4. The van der Waals surface area contributed by atoms with Crippen molar-refractivity contribution in [2.45, 2.75) is 31.5 Å². The summed E-state index contributed by atoms with van der Waals surface area (Å²) in [6, 6.07) is 20.0. The number of carbonyl (C=O) groups is 1. The summed E-state index contributed by atoms with van der Waals surface area (Å²) in [7, 11) is 3.67. The topological polar surface area (TPSA) is 47.6 Å². The Balaban J connectivity index is 1.49. The molecule has 4 unspecified atom stereocenters. The van der Waals surface area contributed by atoms with Gasteiger partial charge in [-0.25, -0.2) is 5.43 Å². The van der Waals surface area contributed by atoms with Gasteiger partial charge in [0.1, 0.15) is 0 Å². The lowest BCUT2D eigenvalue weighted by Crippen LogP contribution is -2.52. The summed E-state index contributed by atoms with van der Waals surface area (Å²) in [5.41, 5.74) is 10.8. The fraction of sp³-hybridized carbons (Fsp3) is 0.435. The van der Waals surface area contributed by atoms with Crippen LogP contribution in [-0.4, -0.2) is 55.0 Å². The molecule has 5 heteroatoms. The number of nitrogens with zero attached hydrogens (tertiary/aromatic N) is 2. The van der Waals surface area contributed by atoms with Gasteiger partial charge in [0, 0.05) is 39.1 Å². The highest BCUT2D eigenvalue weighted by atomic mass is 16.2. The first kappa shape index (κ1) is 19.1. The van der Waals surface area contributed by atoms with E-state index in [1.165, 1.54) is 16.7 Å². The Morgan fingerprint density at radius 3 is 2.39 bits per heavy atom. The molecule has 2 aliphatic rings. The largest absolute Gasteiger partial charge is 0.347 e. The number of nitrogens with one attached hydrogen (secondary N) is 2. The molecule has 0 aliphatic carbocycles. The van der Waals surface area contributed by atoms with Crippen LogP contribution in [0.1, 0.15) is 24.9 Å². The summed E-state index contributed by atoms with van der Waals surface area (Å²) in [6.07, 6.45) is 1.06. The molecule has 0 aromatic heterocycles. The van der Waals surface area contributed by atoms with E-state index in [0.717, 1.165) is 19.5 Å². The highest BCUT2D eigenvalue weighted by Crippen LogP contribution is 2.35. The number of hydrogen-bond acceptors (Lipinski definition) is 4. The summed E-state index contributed by atoms with van der Waals surface area (Å²) < 4.78 is 0. The van der Waals surface area contributed by atoms with Crippen LogP contribution >= 0.6 is 0 Å². The van der Waals surface area contributed by atoms with Gasteiger partial charge in [0.15, 0.2) is 0 Å². The van der Waals surface area contributed by atoms with Gasteiger partial charge in [-0.1, -0.05) is 54.6 Å². The van der Waals surface area contributed by atoms with Gasteiger partial charge in [-0.15, -0.1) is 0 Å². The normalized spacial score (nSPS) is 25.9. The zero-order valence-electron chi connectivity index (χ0n) is 16.9. The van der Waals surface area contributed by atoms with E-state index in [1.807, 2.05) is 27.1 Å². The van der Waals surface area contributed by atoms with Gasteiger partial charge in [-0.2, -0.15) is 0 Å². The highest BCUT2D eigenvalue weighted by Gasteiger charge is 2.42. The van der Waals surface area contributed by atoms with Crippen molar-refractivity contribution in [3.8, 4) is 11.1 Å². The van der Waals surface area contributed by atoms with E-state index in [9.17, 15) is 4.79 Å². The molecule has 0 spiro atoms. The molecular formula is C23H30N4O. The lowest BCUT2D eigenvalue weighted by molar-refractivity contribution is -0.134. The minimum atomic E-state index is -0.0716. The van der Waals surface area contributed by atoms with Gasteiger partial charge in [-0.3, -0.25) is 15.1 Å². The monoisotopic (exact) mass is 378 g/mol. The van der Waals surface area contributed by atoms with Crippen molar-refractivity contribution in [3.63, 3.8) is 0 Å². The second kappa shape index (κ2) is 8.03. The molecule has 0 radical (unpaired) electrons. The molecule has 28 heavy (non-hydrogen) atoms. The van der Waals surface area contributed by atoms with Gasteiger partial charge in [-0.05, 0) is 30.0 Å². The van der Waals surface area contributed by atoms with Crippen molar-refractivity contribution < 1.29 is 4.79 Å². The van der Waals surface area contributed by atoms with Crippen molar-refractivity contribution in [2.75, 3.05) is 27.2 Å². The first-order valence-corrected chi connectivity index (χ1v) is 10.2. The number of benzene rings is 2. The van der Waals surface area contributed by atoms with E-state index in [0.29, 0.717) is 12.0 Å². The predicted octanol–water partition coefficient (Wildman–Crippen LogP) is 2.67. The van der Waals surface area contributed by atoms with Crippen LogP contribution in [0.15, 0.2) is 54.6 Å². The van der Waals surface area contributed by atoms with Crippen molar-refractivity contribution in [1.29, 1.82) is 0 Å². The van der Waals surface area contributed by atoms with Crippen molar-refractivity contribution in [1.82, 2.24) is 20.7 Å². The van der Waals surface area contributed by atoms with Gasteiger partial charge in [0.2, 0.25) is 5.91 Å².